The van der Waals surface area contributed by atoms with Crippen LogP contribution in [0.5, 0.6) is 0 Å². The van der Waals surface area contributed by atoms with Crippen molar-refractivity contribution < 1.29 is 4.79 Å². The summed E-state index contributed by atoms with van der Waals surface area (Å²) in [4.78, 5) is 27.7. The predicted octanol–water partition coefficient (Wildman–Crippen LogP) is 2.41. The average molecular weight is 351 g/mol. The lowest BCUT2D eigenvalue weighted by Gasteiger charge is -2.34. The highest BCUT2D eigenvalue weighted by Gasteiger charge is 2.23. The highest BCUT2D eigenvalue weighted by molar-refractivity contribution is 5.73. The maximum atomic E-state index is 11.6. The van der Waals surface area contributed by atoms with E-state index < -0.39 is 0 Å². The van der Waals surface area contributed by atoms with Crippen molar-refractivity contribution in [2.75, 3.05) is 49.1 Å². The van der Waals surface area contributed by atoms with Crippen LogP contribution < -0.4 is 9.80 Å². The largest absolute Gasteiger partial charge is 0.356 e. The summed E-state index contributed by atoms with van der Waals surface area (Å²) in [7, 11) is 0. The first-order chi connectivity index (χ1) is 12.7. The molecule has 0 N–H and O–H groups in total. The third-order valence-corrected chi connectivity index (χ3v) is 5.21. The molecule has 1 aromatic heterocycles. The summed E-state index contributed by atoms with van der Waals surface area (Å²) in [5.74, 6) is 1.93. The molecule has 2 saturated heterocycles. The van der Waals surface area contributed by atoms with E-state index >= 15 is 0 Å². The molecule has 2 aromatic rings. The first kappa shape index (κ1) is 16.8. The second-order valence-electron chi connectivity index (χ2n) is 6.96. The van der Waals surface area contributed by atoms with Crippen molar-refractivity contribution in [2.45, 2.75) is 19.8 Å². The van der Waals surface area contributed by atoms with E-state index in [2.05, 4.69) is 28.0 Å². The number of aromatic nitrogens is 2. The topological polar surface area (TPSA) is 52.6 Å². The first-order valence-electron chi connectivity index (χ1n) is 9.40. The van der Waals surface area contributed by atoms with Gasteiger partial charge in [-0.05, 0) is 12.8 Å². The SMILES string of the molecule is CC(=O)N1CCN(c2nc(-c3ccccc3)cc(N3CCCC3)n2)CC1. The Labute approximate surface area is 154 Å². The number of benzene rings is 1. The second kappa shape index (κ2) is 7.32. The van der Waals surface area contributed by atoms with Gasteiger partial charge in [0.1, 0.15) is 5.82 Å². The zero-order chi connectivity index (χ0) is 17.9. The molecule has 0 spiro atoms. The highest BCUT2D eigenvalue weighted by atomic mass is 16.2. The van der Waals surface area contributed by atoms with Crippen LogP contribution in [-0.4, -0.2) is 60.0 Å². The van der Waals surface area contributed by atoms with Gasteiger partial charge in [-0.1, -0.05) is 30.3 Å². The molecular weight excluding hydrogens is 326 g/mol. The van der Waals surface area contributed by atoms with Crippen LogP contribution >= 0.6 is 0 Å². The van der Waals surface area contributed by atoms with Crippen molar-refractivity contribution in [1.29, 1.82) is 0 Å². The van der Waals surface area contributed by atoms with Gasteiger partial charge < -0.3 is 14.7 Å². The van der Waals surface area contributed by atoms with Gasteiger partial charge in [0.2, 0.25) is 11.9 Å². The maximum absolute atomic E-state index is 11.6. The van der Waals surface area contributed by atoms with E-state index in [1.54, 1.807) is 6.92 Å². The Morgan fingerprint density at radius 2 is 1.58 bits per heavy atom. The number of anilines is 2. The Hall–Kier alpha value is -2.63. The molecular formula is C20H25N5O. The van der Waals surface area contributed by atoms with Crippen LogP contribution in [0, 0.1) is 0 Å². The minimum Gasteiger partial charge on any atom is -0.356 e. The lowest BCUT2D eigenvalue weighted by atomic mass is 10.1. The molecule has 1 amide bonds. The van der Waals surface area contributed by atoms with Crippen molar-refractivity contribution in [2.24, 2.45) is 0 Å². The maximum Gasteiger partial charge on any atom is 0.228 e. The summed E-state index contributed by atoms with van der Waals surface area (Å²) in [5.41, 5.74) is 2.07. The summed E-state index contributed by atoms with van der Waals surface area (Å²) in [5, 5.41) is 0. The first-order valence-corrected chi connectivity index (χ1v) is 9.40. The molecule has 0 bridgehead atoms. The third kappa shape index (κ3) is 3.49. The van der Waals surface area contributed by atoms with Crippen LogP contribution in [-0.2, 0) is 4.79 Å². The van der Waals surface area contributed by atoms with E-state index in [1.807, 2.05) is 23.1 Å². The van der Waals surface area contributed by atoms with Crippen LogP contribution in [0.3, 0.4) is 0 Å². The molecule has 3 heterocycles. The molecule has 0 radical (unpaired) electrons. The van der Waals surface area contributed by atoms with E-state index in [1.165, 1.54) is 12.8 Å². The number of amides is 1. The number of piperazine rings is 1. The predicted molar refractivity (Wildman–Crippen MR) is 103 cm³/mol. The molecule has 2 fully saturated rings. The minimum absolute atomic E-state index is 0.140. The van der Waals surface area contributed by atoms with Gasteiger partial charge in [-0.3, -0.25) is 4.79 Å². The zero-order valence-corrected chi connectivity index (χ0v) is 15.3. The fourth-order valence-corrected chi connectivity index (χ4v) is 3.65. The van der Waals surface area contributed by atoms with Crippen LogP contribution in [0.1, 0.15) is 19.8 Å². The highest BCUT2D eigenvalue weighted by Crippen LogP contribution is 2.27. The van der Waals surface area contributed by atoms with Gasteiger partial charge in [0.05, 0.1) is 5.69 Å². The molecule has 0 atom stereocenters. The van der Waals surface area contributed by atoms with Gasteiger partial charge >= 0.3 is 0 Å². The van der Waals surface area contributed by atoms with E-state index in [0.29, 0.717) is 0 Å². The van der Waals surface area contributed by atoms with Crippen LogP contribution in [0.4, 0.5) is 11.8 Å². The molecule has 2 aliphatic rings. The van der Waals surface area contributed by atoms with Gasteiger partial charge in [-0.15, -0.1) is 0 Å². The summed E-state index contributed by atoms with van der Waals surface area (Å²) in [6.45, 7) is 6.76. The van der Waals surface area contributed by atoms with E-state index in [0.717, 1.165) is 62.3 Å². The Morgan fingerprint density at radius 3 is 2.23 bits per heavy atom. The average Bonchev–Trinajstić information content (AvgIpc) is 3.23. The van der Waals surface area contributed by atoms with Crippen LogP contribution in [0.2, 0.25) is 0 Å². The van der Waals surface area contributed by atoms with Crippen molar-refractivity contribution >= 4 is 17.7 Å². The molecule has 0 aliphatic carbocycles. The Bertz CT molecular complexity index is 765. The van der Waals surface area contributed by atoms with Crippen LogP contribution in [0.25, 0.3) is 11.3 Å². The fourth-order valence-electron chi connectivity index (χ4n) is 3.65. The summed E-state index contributed by atoms with van der Waals surface area (Å²) < 4.78 is 0. The van der Waals surface area contributed by atoms with Crippen LogP contribution in [0.15, 0.2) is 36.4 Å². The van der Waals surface area contributed by atoms with Gasteiger partial charge in [0, 0.05) is 57.8 Å². The van der Waals surface area contributed by atoms with Crippen molar-refractivity contribution in [3.8, 4) is 11.3 Å². The molecule has 0 saturated carbocycles. The molecule has 6 heteroatoms. The molecule has 6 nitrogen and oxygen atoms in total. The fraction of sp³-hybridized carbons (Fsp3) is 0.450. The Morgan fingerprint density at radius 1 is 0.885 bits per heavy atom. The second-order valence-corrected chi connectivity index (χ2v) is 6.96. The Balaban J connectivity index is 1.65. The quantitative estimate of drug-likeness (QED) is 0.850. The van der Waals surface area contributed by atoms with Gasteiger partial charge in [-0.2, -0.15) is 4.98 Å². The lowest BCUT2D eigenvalue weighted by Crippen LogP contribution is -2.48. The van der Waals surface area contributed by atoms with E-state index in [4.69, 9.17) is 9.97 Å². The smallest absolute Gasteiger partial charge is 0.228 e. The van der Waals surface area contributed by atoms with Gasteiger partial charge in [0.15, 0.2) is 0 Å². The van der Waals surface area contributed by atoms with E-state index in [9.17, 15) is 4.79 Å². The number of rotatable bonds is 3. The molecule has 2 aliphatic heterocycles. The lowest BCUT2D eigenvalue weighted by molar-refractivity contribution is -0.129. The Kier molecular flexibility index (Phi) is 4.73. The summed E-state index contributed by atoms with van der Waals surface area (Å²) in [6, 6.07) is 12.4. The normalized spacial score (nSPS) is 17.7. The van der Waals surface area contributed by atoms with Gasteiger partial charge in [-0.25, -0.2) is 4.98 Å². The van der Waals surface area contributed by atoms with Crippen molar-refractivity contribution in [3.05, 3.63) is 36.4 Å². The third-order valence-electron chi connectivity index (χ3n) is 5.21. The number of carbonyl (C=O) groups is 1. The van der Waals surface area contributed by atoms with Crippen molar-refractivity contribution in [1.82, 2.24) is 14.9 Å². The van der Waals surface area contributed by atoms with Crippen molar-refractivity contribution in [3.63, 3.8) is 0 Å². The molecule has 0 unspecified atom stereocenters. The van der Waals surface area contributed by atoms with E-state index in [-0.39, 0.29) is 5.91 Å². The summed E-state index contributed by atoms with van der Waals surface area (Å²) >= 11 is 0. The molecule has 136 valence electrons. The monoisotopic (exact) mass is 351 g/mol. The number of nitrogens with zero attached hydrogens (tertiary/aromatic N) is 5. The molecule has 4 rings (SSSR count). The number of carbonyl (C=O) groups excluding carboxylic acids is 1. The molecule has 26 heavy (non-hydrogen) atoms. The zero-order valence-electron chi connectivity index (χ0n) is 15.3. The molecule has 1 aromatic carbocycles. The number of hydrogen-bond acceptors (Lipinski definition) is 5. The van der Waals surface area contributed by atoms with Gasteiger partial charge in [0.25, 0.3) is 0 Å². The standard InChI is InChI=1S/C20H25N5O/c1-16(26)23-11-13-25(14-12-23)20-21-18(17-7-3-2-4-8-17)15-19(22-20)24-9-5-6-10-24/h2-4,7-8,15H,5-6,9-14H2,1H3. The summed E-state index contributed by atoms with van der Waals surface area (Å²) in [6.07, 6.45) is 2.44. The number of hydrogen-bond donors (Lipinski definition) is 0. The minimum atomic E-state index is 0.140.